The predicted molar refractivity (Wildman–Crippen MR) is 97.6 cm³/mol. The minimum absolute atomic E-state index is 0.262. The lowest BCUT2D eigenvalue weighted by molar-refractivity contribution is -0.270. The van der Waals surface area contributed by atoms with Crippen LogP contribution in [-0.4, -0.2) is 33.3 Å². The van der Waals surface area contributed by atoms with Crippen LogP contribution in [0.5, 0.6) is 0 Å². The van der Waals surface area contributed by atoms with E-state index >= 15 is 0 Å². The zero-order valence-electron chi connectivity index (χ0n) is 15.5. The van der Waals surface area contributed by atoms with Crippen LogP contribution in [0.1, 0.15) is 59.8 Å². The molecule has 1 aliphatic carbocycles. The molecule has 0 spiro atoms. The van der Waals surface area contributed by atoms with Crippen molar-refractivity contribution in [2.75, 3.05) is 0 Å². The smallest absolute Gasteiger partial charge is 0.114 e. The third-order valence-electron chi connectivity index (χ3n) is 4.84. The van der Waals surface area contributed by atoms with Gasteiger partial charge in [-0.1, -0.05) is 44.2 Å². The van der Waals surface area contributed by atoms with Gasteiger partial charge in [-0.3, -0.25) is 5.26 Å². The molecule has 0 amide bonds. The number of aliphatic hydroxyl groups excluding tert-OH is 1. The summed E-state index contributed by atoms with van der Waals surface area (Å²) in [6.45, 7) is 12.0. The first-order valence-corrected chi connectivity index (χ1v) is 8.89. The standard InChI is InChI=1S/C20H34O4/c1-14(2)17-8-7-16(4)19(24-23)9-6-15(3)12-18(21)13-20(5,22)11-10-17/h10-12,14,17-19,21-23H,4,6-9,13H2,1-3,5H3/b11-10+,15-12+/t17-,18+,19+,20-/m1/s1. The van der Waals surface area contributed by atoms with E-state index in [0.29, 0.717) is 24.7 Å². The molecule has 0 saturated heterocycles. The molecular weight excluding hydrogens is 304 g/mol. The second-order valence-electron chi connectivity index (χ2n) is 7.74. The summed E-state index contributed by atoms with van der Waals surface area (Å²) in [6.07, 6.45) is 7.78. The molecule has 0 aliphatic heterocycles. The van der Waals surface area contributed by atoms with Crippen LogP contribution in [0.2, 0.25) is 0 Å². The summed E-state index contributed by atoms with van der Waals surface area (Å²) in [5.41, 5.74) is 0.851. The summed E-state index contributed by atoms with van der Waals surface area (Å²) in [5.74, 6) is 0.725. The lowest BCUT2D eigenvalue weighted by Gasteiger charge is -2.25. The topological polar surface area (TPSA) is 69.9 Å². The second kappa shape index (κ2) is 9.52. The summed E-state index contributed by atoms with van der Waals surface area (Å²) < 4.78 is 0. The molecule has 0 heterocycles. The second-order valence-corrected chi connectivity index (χ2v) is 7.74. The van der Waals surface area contributed by atoms with E-state index in [9.17, 15) is 15.5 Å². The Labute approximate surface area is 146 Å². The third-order valence-corrected chi connectivity index (χ3v) is 4.84. The molecule has 3 N–H and O–H groups in total. The van der Waals surface area contributed by atoms with Gasteiger partial charge >= 0.3 is 0 Å². The molecule has 0 radical (unpaired) electrons. The van der Waals surface area contributed by atoms with E-state index in [4.69, 9.17) is 0 Å². The maximum atomic E-state index is 10.5. The Morgan fingerprint density at radius 3 is 2.54 bits per heavy atom. The van der Waals surface area contributed by atoms with E-state index in [1.54, 1.807) is 19.1 Å². The van der Waals surface area contributed by atoms with Crippen molar-refractivity contribution in [1.82, 2.24) is 0 Å². The van der Waals surface area contributed by atoms with Crippen LogP contribution in [0.15, 0.2) is 36.0 Å². The average molecular weight is 338 g/mol. The highest BCUT2D eigenvalue weighted by molar-refractivity contribution is 5.11. The third kappa shape index (κ3) is 7.31. The molecule has 0 bridgehead atoms. The number of allylic oxidation sites excluding steroid dienone is 2. The Kier molecular flexibility index (Phi) is 8.37. The Balaban J connectivity index is 3.02. The highest BCUT2D eigenvalue weighted by Crippen LogP contribution is 2.27. The minimum atomic E-state index is -1.04. The van der Waals surface area contributed by atoms with Gasteiger partial charge in [0, 0.05) is 6.42 Å². The van der Waals surface area contributed by atoms with E-state index in [2.05, 4.69) is 25.3 Å². The first kappa shape index (κ1) is 21.1. The average Bonchev–Trinajstić information content (AvgIpc) is 2.45. The number of hydrogen-bond donors (Lipinski definition) is 3. The molecule has 0 aromatic heterocycles. The van der Waals surface area contributed by atoms with Crippen molar-refractivity contribution in [2.45, 2.75) is 77.6 Å². The van der Waals surface area contributed by atoms with Crippen LogP contribution in [0.4, 0.5) is 0 Å². The van der Waals surface area contributed by atoms with Crippen LogP contribution in [0, 0.1) is 11.8 Å². The van der Waals surface area contributed by atoms with Gasteiger partial charge in [0.15, 0.2) is 0 Å². The Bertz CT molecular complexity index is 462. The van der Waals surface area contributed by atoms with Crippen molar-refractivity contribution >= 4 is 0 Å². The molecule has 138 valence electrons. The van der Waals surface area contributed by atoms with Crippen LogP contribution < -0.4 is 0 Å². The largest absolute Gasteiger partial charge is 0.389 e. The normalized spacial score (nSPS) is 37.6. The fourth-order valence-electron chi connectivity index (χ4n) is 3.15. The highest BCUT2D eigenvalue weighted by atomic mass is 17.1. The maximum Gasteiger partial charge on any atom is 0.114 e. The molecule has 4 heteroatoms. The summed E-state index contributed by atoms with van der Waals surface area (Å²) in [7, 11) is 0. The van der Waals surface area contributed by atoms with E-state index < -0.39 is 11.7 Å². The fraction of sp³-hybridized carbons (Fsp3) is 0.700. The summed E-state index contributed by atoms with van der Waals surface area (Å²) in [4.78, 5) is 4.62. The van der Waals surface area contributed by atoms with Gasteiger partial charge in [0.25, 0.3) is 0 Å². The molecule has 0 aromatic rings. The number of aliphatic hydroxyl groups is 2. The molecule has 4 nitrogen and oxygen atoms in total. The number of hydrogen-bond acceptors (Lipinski definition) is 4. The Hall–Kier alpha value is -0.940. The first-order valence-electron chi connectivity index (χ1n) is 8.89. The zero-order chi connectivity index (χ0) is 18.3. The van der Waals surface area contributed by atoms with Gasteiger partial charge in [0.05, 0.1) is 11.7 Å². The van der Waals surface area contributed by atoms with Gasteiger partial charge in [0.1, 0.15) is 6.10 Å². The molecule has 4 atom stereocenters. The predicted octanol–water partition coefficient (Wildman–Crippen LogP) is 4.25. The van der Waals surface area contributed by atoms with Gasteiger partial charge in [-0.05, 0) is 56.9 Å². The first-order chi connectivity index (χ1) is 11.1. The molecule has 0 aromatic carbocycles. The van der Waals surface area contributed by atoms with Gasteiger partial charge in [0.2, 0.25) is 0 Å². The SMILES string of the molecule is C=C1CC[C@@H](C(C)C)/C=C/[C@@](C)(O)C[C@@H](O)/C=C(\C)CC[C@@H]1OO. The molecule has 0 unspecified atom stereocenters. The van der Waals surface area contributed by atoms with E-state index in [0.717, 1.165) is 24.0 Å². The number of rotatable bonds is 2. The van der Waals surface area contributed by atoms with Crippen molar-refractivity contribution in [1.29, 1.82) is 0 Å². The van der Waals surface area contributed by atoms with Crippen molar-refractivity contribution in [3.05, 3.63) is 36.0 Å². The van der Waals surface area contributed by atoms with Crippen LogP contribution >= 0.6 is 0 Å². The highest BCUT2D eigenvalue weighted by Gasteiger charge is 2.23. The van der Waals surface area contributed by atoms with E-state index in [-0.39, 0.29) is 12.5 Å². The van der Waals surface area contributed by atoms with Gasteiger partial charge in [-0.2, -0.15) is 0 Å². The van der Waals surface area contributed by atoms with Gasteiger partial charge < -0.3 is 10.2 Å². The maximum absolute atomic E-state index is 10.5. The van der Waals surface area contributed by atoms with Crippen molar-refractivity contribution in [3.8, 4) is 0 Å². The van der Waals surface area contributed by atoms with Crippen molar-refractivity contribution < 1.29 is 20.4 Å². The summed E-state index contributed by atoms with van der Waals surface area (Å²) >= 11 is 0. The molecule has 1 aliphatic rings. The van der Waals surface area contributed by atoms with Crippen LogP contribution in [0.3, 0.4) is 0 Å². The summed E-state index contributed by atoms with van der Waals surface area (Å²) in [5, 5.41) is 29.9. The Morgan fingerprint density at radius 2 is 1.96 bits per heavy atom. The molecule has 0 fully saturated rings. The molecule has 0 saturated carbocycles. The molecule has 24 heavy (non-hydrogen) atoms. The summed E-state index contributed by atoms with van der Waals surface area (Å²) in [6, 6.07) is 0. The molecule has 1 rings (SSSR count). The van der Waals surface area contributed by atoms with E-state index in [1.807, 2.05) is 13.0 Å². The van der Waals surface area contributed by atoms with Gasteiger partial charge in [-0.25, -0.2) is 4.89 Å². The minimum Gasteiger partial charge on any atom is -0.389 e. The Morgan fingerprint density at radius 1 is 1.29 bits per heavy atom. The van der Waals surface area contributed by atoms with Gasteiger partial charge in [-0.15, -0.1) is 0 Å². The van der Waals surface area contributed by atoms with Crippen LogP contribution in [0.25, 0.3) is 0 Å². The monoisotopic (exact) mass is 338 g/mol. The van der Waals surface area contributed by atoms with Crippen molar-refractivity contribution in [3.63, 3.8) is 0 Å². The fourth-order valence-corrected chi connectivity index (χ4v) is 3.15. The zero-order valence-corrected chi connectivity index (χ0v) is 15.5. The molecular formula is C20H34O4. The lowest BCUT2D eigenvalue weighted by atomic mass is 9.85. The lowest BCUT2D eigenvalue weighted by Crippen LogP contribution is -2.27. The van der Waals surface area contributed by atoms with Crippen LogP contribution in [-0.2, 0) is 4.89 Å². The van der Waals surface area contributed by atoms with E-state index in [1.165, 1.54) is 0 Å². The van der Waals surface area contributed by atoms with Crippen molar-refractivity contribution in [2.24, 2.45) is 11.8 Å². The quantitative estimate of drug-likeness (QED) is 0.400.